The predicted molar refractivity (Wildman–Crippen MR) is 171 cm³/mol. The molecule has 3 aromatic heterocycles. The van der Waals surface area contributed by atoms with Crippen LogP contribution in [0.1, 0.15) is 18.3 Å². The zero-order valence-electron chi connectivity index (χ0n) is 25.0. The molecular formula is C32H35FN10O. The fourth-order valence-electron chi connectivity index (χ4n) is 5.46. The van der Waals surface area contributed by atoms with Crippen LogP contribution in [-0.4, -0.2) is 75.4 Å². The van der Waals surface area contributed by atoms with E-state index in [2.05, 4.69) is 59.5 Å². The molecule has 2 aromatic carbocycles. The van der Waals surface area contributed by atoms with Crippen LogP contribution in [0.25, 0.3) is 10.9 Å². The Hall–Kier alpha value is -5.10. The first-order chi connectivity index (χ1) is 21.4. The number of nitrogens with zero attached hydrogens (tertiary/aromatic N) is 8. The van der Waals surface area contributed by atoms with Crippen molar-refractivity contribution in [3.8, 4) is 0 Å². The number of benzene rings is 2. The molecule has 1 saturated heterocycles. The second kappa shape index (κ2) is 12.6. The fourth-order valence-corrected chi connectivity index (χ4v) is 5.46. The van der Waals surface area contributed by atoms with Crippen LogP contribution in [0, 0.1) is 12.9 Å². The maximum absolute atomic E-state index is 13.6. The van der Waals surface area contributed by atoms with E-state index < -0.39 is 5.95 Å². The summed E-state index contributed by atoms with van der Waals surface area (Å²) >= 11 is 0. The lowest BCUT2D eigenvalue weighted by molar-refractivity contribution is 0.258. The van der Waals surface area contributed by atoms with Crippen LogP contribution in [0.15, 0.2) is 73.1 Å². The lowest BCUT2D eigenvalue weighted by Gasteiger charge is -2.35. The molecule has 0 unspecified atom stereocenters. The van der Waals surface area contributed by atoms with Crippen molar-refractivity contribution in [2.75, 3.05) is 60.2 Å². The van der Waals surface area contributed by atoms with Crippen molar-refractivity contribution >= 4 is 45.6 Å². The maximum Gasteiger partial charge on any atom is 0.327 e. The second-order valence-corrected chi connectivity index (χ2v) is 10.7. The Labute approximate surface area is 255 Å². The minimum Gasteiger partial charge on any atom is -0.369 e. The summed E-state index contributed by atoms with van der Waals surface area (Å²) in [5, 5.41) is 11.7. The standard InChI is InChI=1S/C32H35FN10O/c1-4-41-15-17-42(18-16-41)25-13-11-23(12-14-25)37-29-19-30(35-21-34-29)40(3)32(44)38-26-8-6-9-27-31(26)22(2)39-43(27)20-24-7-5-10-28(33)36-24/h5-14,19,21H,4,15-18,20H2,1-3H3,(H,38,44)(H,34,35,37). The third-order valence-electron chi connectivity index (χ3n) is 7.90. The number of rotatable bonds is 8. The van der Waals surface area contributed by atoms with Gasteiger partial charge in [-0.3, -0.25) is 9.58 Å². The summed E-state index contributed by atoms with van der Waals surface area (Å²) in [5.41, 5.74) is 4.80. The van der Waals surface area contributed by atoms with E-state index in [9.17, 15) is 9.18 Å². The summed E-state index contributed by atoms with van der Waals surface area (Å²) < 4.78 is 15.4. The van der Waals surface area contributed by atoms with E-state index in [1.54, 1.807) is 29.9 Å². The number of likely N-dealkylation sites (N-methyl/N-ethyl adjacent to an activating group) is 1. The summed E-state index contributed by atoms with van der Waals surface area (Å²) in [6.07, 6.45) is 1.43. The average Bonchev–Trinajstić information content (AvgIpc) is 3.36. The summed E-state index contributed by atoms with van der Waals surface area (Å²) in [4.78, 5) is 32.3. The van der Waals surface area contributed by atoms with Gasteiger partial charge in [0.2, 0.25) is 5.95 Å². The molecule has 44 heavy (non-hydrogen) atoms. The van der Waals surface area contributed by atoms with Gasteiger partial charge >= 0.3 is 6.03 Å². The maximum atomic E-state index is 13.6. The van der Waals surface area contributed by atoms with Gasteiger partial charge in [-0.05, 0) is 62.0 Å². The highest BCUT2D eigenvalue weighted by atomic mass is 19.1. The number of pyridine rings is 1. The van der Waals surface area contributed by atoms with Gasteiger partial charge in [-0.15, -0.1) is 0 Å². The third-order valence-corrected chi connectivity index (χ3v) is 7.90. The Bertz CT molecular complexity index is 1770. The molecule has 0 bridgehead atoms. The summed E-state index contributed by atoms with van der Waals surface area (Å²) in [6, 6.07) is 19.9. The van der Waals surface area contributed by atoms with Crippen molar-refractivity contribution in [3.05, 3.63) is 90.4 Å². The van der Waals surface area contributed by atoms with Crippen LogP contribution in [-0.2, 0) is 6.54 Å². The first kappa shape index (κ1) is 29.0. The van der Waals surface area contributed by atoms with Crippen LogP contribution in [0.5, 0.6) is 0 Å². The van der Waals surface area contributed by atoms with Gasteiger partial charge < -0.3 is 20.4 Å². The zero-order chi connectivity index (χ0) is 30.6. The lowest BCUT2D eigenvalue weighted by atomic mass is 10.1. The van der Waals surface area contributed by atoms with Gasteiger partial charge in [0.05, 0.1) is 29.1 Å². The highest BCUT2D eigenvalue weighted by Gasteiger charge is 2.19. The molecule has 5 aromatic rings. The van der Waals surface area contributed by atoms with E-state index in [0.717, 1.165) is 55.0 Å². The molecule has 0 atom stereocenters. The van der Waals surface area contributed by atoms with Crippen LogP contribution < -0.4 is 20.4 Å². The largest absolute Gasteiger partial charge is 0.369 e. The first-order valence-electron chi connectivity index (χ1n) is 14.7. The number of piperazine rings is 1. The number of amides is 2. The zero-order valence-corrected chi connectivity index (χ0v) is 25.0. The van der Waals surface area contributed by atoms with Crippen molar-refractivity contribution in [1.29, 1.82) is 0 Å². The molecule has 12 heteroatoms. The van der Waals surface area contributed by atoms with E-state index in [0.29, 0.717) is 29.6 Å². The van der Waals surface area contributed by atoms with Crippen molar-refractivity contribution in [1.82, 2.24) is 29.6 Å². The number of anilines is 5. The van der Waals surface area contributed by atoms with Crippen molar-refractivity contribution in [3.63, 3.8) is 0 Å². The highest BCUT2D eigenvalue weighted by Crippen LogP contribution is 2.28. The van der Waals surface area contributed by atoms with Gasteiger partial charge in [0.15, 0.2) is 0 Å². The number of fused-ring (bicyclic) bond motifs is 1. The fraction of sp³-hybridized carbons (Fsp3) is 0.281. The van der Waals surface area contributed by atoms with Gasteiger partial charge in [0.25, 0.3) is 0 Å². The summed E-state index contributed by atoms with van der Waals surface area (Å²) in [7, 11) is 1.65. The van der Waals surface area contributed by atoms with Crippen LogP contribution >= 0.6 is 0 Å². The molecule has 2 amide bonds. The average molecular weight is 595 g/mol. The van der Waals surface area contributed by atoms with Crippen LogP contribution in [0.4, 0.5) is 37.9 Å². The minimum absolute atomic E-state index is 0.300. The number of carbonyl (C=O) groups is 1. The van der Waals surface area contributed by atoms with Crippen molar-refractivity contribution < 1.29 is 9.18 Å². The smallest absolute Gasteiger partial charge is 0.327 e. The number of hydrogen-bond acceptors (Lipinski definition) is 8. The van der Waals surface area contributed by atoms with E-state index in [1.165, 1.54) is 23.0 Å². The molecule has 4 heterocycles. The Morgan fingerprint density at radius 2 is 1.77 bits per heavy atom. The molecular weight excluding hydrogens is 559 g/mol. The van der Waals surface area contributed by atoms with E-state index in [1.807, 2.05) is 37.3 Å². The molecule has 1 aliphatic heterocycles. The van der Waals surface area contributed by atoms with Crippen molar-refractivity contribution in [2.24, 2.45) is 0 Å². The van der Waals surface area contributed by atoms with E-state index >= 15 is 0 Å². The van der Waals surface area contributed by atoms with E-state index in [-0.39, 0.29) is 6.03 Å². The monoisotopic (exact) mass is 594 g/mol. The third kappa shape index (κ3) is 6.30. The molecule has 0 saturated carbocycles. The van der Waals surface area contributed by atoms with Crippen LogP contribution in [0.3, 0.4) is 0 Å². The molecule has 0 spiro atoms. The SMILES string of the molecule is CCN1CCN(c2ccc(Nc3cc(N(C)C(=O)Nc4cccc5c4c(C)nn5Cc4cccc(F)n4)ncn3)cc2)CC1. The number of aryl methyl sites for hydroxylation is 1. The summed E-state index contributed by atoms with van der Waals surface area (Å²) in [5.74, 6) is 0.468. The first-order valence-corrected chi connectivity index (χ1v) is 14.7. The minimum atomic E-state index is -0.538. The molecule has 1 aliphatic rings. The van der Waals surface area contributed by atoms with Gasteiger partial charge in [0.1, 0.15) is 18.0 Å². The molecule has 1 fully saturated rings. The highest BCUT2D eigenvalue weighted by molar-refractivity contribution is 6.07. The predicted octanol–water partition coefficient (Wildman–Crippen LogP) is 5.27. The molecule has 0 radical (unpaired) electrons. The number of carbonyl (C=O) groups excluding carboxylic acids is 1. The molecule has 226 valence electrons. The molecule has 11 nitrogen and oxygen atoms in total. The van der Waals surface area contributed by atoms with E-state index in [4.69, 9.17) is 0 Å². The van der Waals surface area contributed by atoms with Crippen LogP contribution in [0.2, 0.25) is 0 Å². The van der Waals surface area contributed by atoms with Gasteiger partial charge in [-0.25, -0.2) is 19.7 Å². The quantitative estimate of drug-likeness (QED) is 0.234. The summed E-state index contributed by atoms with van der Waals surface area (Å²) in [6.45, 7) is 9.66. The van der Waals surface area contributed by atoms with Gasteiger partial charge in [-0.2, -0.15) is 9.49 Å². The Morgan fingerprint density at radius 3 is 2.52 bits per heavy atom. The van der Waals surface area contributed by atoms with Gasteiger partial charge in [0, 0.05) is 56.1 Å². The second-order valence-electron chi connectivity index (χ2n) is 10.7. The molecule has 2 N–H and O–H groups in total. The number of urea groups is 1. The molecule has 6 rings (SSSR count). The number of halogens is 1. The van der Waals surface area contributed by atoms with Crippen molar-refractivity contribution in [2.45, 2.75) is 20.4 Å². The Balaban J connectivity index is 1.13. The Kier molecular flexibility index (Phi) is 8.33. The lowest BCUT2D eigenvalue weighted by Crippen LogP contribution is -2.46. The van der Waals surface area contributed by atoms with Gasteiger partial charge in [-0.1, -0.05) is 19.1 Å². The number of hydrogen-bond donors (Lipinski definition) is 2. The number of aromatic nitrogens is 5. The Morgan fingerprint density at radius 1 is 1.00 bits per heavy atom. The topological polar surface area (TPSA) is 107 Å². The number of nitrogens with one attached hydrogen (secondary N) is 2. The molecule has 0 aliphatic carbocycles. The normalized spacial score (nSPS) is 13.7.